The van der Waals surface area contributed by atoms with E-state index < -0.39 is 0 Å². The molecule has 1 saturated carbocycles. The van der Waals surface area contributed by atoms with Crippen molar-refractivity contribution in [3.63, 3.8) is 0 Å². The summed E-state index contributed by atoms with van der Waals surface area (Å²) in [6.07, 6.45) is 6.95. The molecule has 1 fully saturated rings. The average molecular weight is 212 g/mol. The predicted octanol–water partition coefficient (Wildman–Crippen LogP) is 2.49. The zero-order chi connectivity index (χ0) is 11.3. The number of nitrogens with zero attached hydrogens (tertiary/aromatic N) is 1. The van der Waals surface area contributed by atoms with Gasteiger partial charge in [-0.25, -0.2) is 0 Å². The Labute approximate surface area is 95.4 Å². The molecule has 1 rings (SSSR count). The summed E-state index contributed by atoms with van der Waals surface area (Å²) in [6, 6.07) is 1.49. The highest BCUT2D eigenvalue weighted by Gasteiger charge is 2.22. The zero-order valence-corrected chi connectivity index (χ0v) is 10.9. The Hall–Kier alpha value is -0.0800. The SMILES string of the molecule is CNC(C)CCN(C)C1CCCC(C)C1. The summed E-state index contributed by atoms with van der Waals surface area (Å²) in [7, 11) is 4.35. The fraction of sp³-hybridized carbons (Fsp3) is 1.00. The molecule has 0 saturated heterocycles. The van der Waals surface area contributed by atoms with Crippen molar-refractivity contribution in [3.05, 3.63) is 0 Å². The van der Waals surface area contributed by atoms with Crippen LogP contribution in [0, 0.1) is 5.92 Å². The normalized spacial score (nSPS) is 29.4. The summed E-state index contributed by atoms with van der Waals surface area (Å²) in [6.45, 7) is 5.90. The molecule has 1 aliphatic carbocycles. The van der Waals surface area contributed by atoms with Gasteiger partial charge in [0.25, 0.3) is 0 Å². The van der Waals surface area contributed by atoms with Crippen molar-refractivity contribution in [2.75, 3.05) is 20.6 Å². The lowest BCUT2D eigenvalue weighted by Crippen LogP contribution is -2.38. The lowest BCUT2D eigenvalue weighted by molar-refractivity contribution is 0.159. The molecule has 0 heterocycles. The van der Waals surface area contributed by atoms with Crippen LogP contribution in [0.4, 0.5) is 0 Å². The van der Waals surface area contributed by atoms with Gasteiger partial charge in [0.2, 0.25) is 0 Å². The second kappa shape index (κ2) is 6.49. The van der Waals surface area contributed by atoms with Crippen molar-refractivity contribution < 1.29 is 0 Å². The summed E-state index contributed by atoms with van der Waals surface area (Å²) in [5.41, 5.74) is 0. The summed E-state index contributed by atoms with van der Waals surface area (Å²) >= 11 is 0. The van der Waals surface area contributed by atoms with E-state index in [-0.39, 0.29) is 0 Å². The number of hydrogen-bond donors (Lipinski definition) is 1. The van der Waals surface area contributed by atoms with Crippen LogP contribution in [0.25, 0.3) is 0 Å². The van der Waals surface area contributed by atoms with Gasteiger partial charge in [0.05, 0.1) is 0 Å². The fourth-order valence-corrected chi connectivity index (χ4v) is 2.53. The Bertz CT molecular complexity index is 170. The first-order valence-corrected chi connectivity index (χ1v) is 6.51. The Morgan fingerprint density at radius 3 is 2.73 bits per heavy atom. The first-order chi connectivity index (χ1) is 7.13. The third-order valence-corrected chi connectivity index (χ3v) is 3.94. The smallest absolute Gasteiger partial charge is 0.00947 e. The van der Waals surface area contributed by atoms with Crippen molar-refractivity contribution in [1.29, 1.82) is 0 Å². The zero-order valence-electron chi connectivity index (χ0n) is 10.9. The molecule has 0 amide bonds. The molecule has 0 radical (unpaired) electrons. The van der Waals surface area contributed by atoms with E-state index in [9.17, 15) is 0 Å². The van der Waals surface area contributed by atoms with E-state index in [2.05, 4.69) is 31.1 Å². The van der Waals surface area contributed by atoms with Gasteiger partial charge in [-0.05, 0) is 52.7 Å². The lowest BCUT2D eigenvalue weighted by atomic mass is 9.86. The van der Waals surface area contributed by atoms with E-state index in [1.54, 1.807) is 0 Å². The number of rotatable bonds is 5. The third-order valence-electron chi connectivity index (χ3n) is 3.94. The molecule has 0 aliphatic heterocycles. The average Bonchev–Trinajstić information content (AvgIpc) is 2.25. The third kappa shape index (κ3) is 4.52. The highest BCUT2D eigenvalue weighted by atomic mass is 15.1. The molecule has 0 aromatic heterocycles. The maximum atomic E-state index is 3.31. The molecule has 0 bridgehead atoms. The van der Waals surface area contributed by atoms with Crippen LogP contribution in [0.2, 0.25) is 0 Å². The fourth-order valence-electron chi connectivity index (χ4n) is 2.53. The van der Waals surface area contributed by atoms with E-state index in [1.165, 1.54) is 38.6 Å². The van der Waals surface area contributed by atoms with Crippen LogP contribution >= 0.6 is 0 Å². The maximum absolute atomic E-state index is 3.31. The van der Waals surface area contributed by atoms with E-state index >= 15 is 0 Å². The minimum atomic E-state index is 0.647. The monoisotopic (exact) mass is 212 g/mol. The molecule has 1 aliphatic rings. The van der Waals surface area contributed by atoms with Crippen LogP contribution in [0.3, 0.4) is 0 Å². The molecular formula is C13H28N2. The molecule has 0 aromatic carbocycles. The van der Waals surface area contributed by atoms with Gasteiger partial charge in [0, 0.05) is 12.1 Å². The molecule has 0 spiro atoms. The molecule has 0 aromatic rings. The van der Waals surface area contributed by atoms with Gasteiger partial charge in [0.1, 0.15) is 0 Å². The van der Waals surface area contributed by atoms with Gasteiger partial charge in [0.15, 0.2) is 0 Å². The van der Waals surface area contributed by atoms with Crippen molar-refractivity contribution in [3.8, 4) is 0 Å². The summed E-state index contributed by atoms with van der Waals surface area (Å²) in [5, 5.41) is 3.31. The summed E-state index contributed by atoms with van der Waals surface area (Å²) < 4.78 is 0. The molecule has 15 heavy (non-hydrogen) atoms. The molecule has 3 atom stereocenters. The molecule has 2 heteroatoms. The highest BCUT2D eigenvalue weighted by molar-refractivity contribution is 4.77. The molecule has 2 nitrogen and oxygen atoms in total. The van der Waals surface area contributed by atoms with Crippen molar-refractivity contribution in [1.82, 2.24) is 10.2 Å². The lowest BCUT2D eigenvalue weighted by Gasteiger charge is -2.34. The van der Waals surface area contributed by atoms with Crippen molar-refractivity contribution >= 4 is 0 Å². The Morgan fingerprint density at radius 2 is 2.13 bits per heavy atom. The van der Waals surface area contributed by atoms with Gasteiger partial charge >= 0.3 is 0 Å². The summed E-state index contributed by atoms with van der Waals surface area (Å²) in [4.78, 5) is 2.57. The molecular weight excluding hydrogens is 184 g/mol. The van der Waals surface area contributed by atoms with Crippen LogP contribution in [0.5, 0.6) is 0 Å². The predicted molar refractivity (Wildman–Crippen MR) is 67.2 cm³/mol. The van der Waals surface area contributed by atoms with Gasteiger partial charge in [-0.1, -0.05) is 19.8 Å². The summed E-state index contributed by atoms with van der Waals surface area (Å²) in [5.74, 6) is 0.938. The minimum absolute atomic E-state index is 0.647. The highest BCUT2D eigenvalue weighted by Crippen LogP contribution is 2.26. The van der Waals surface area contributed by atoms with E-state index in [4.69, 9.17) is 0 Å². The van der Waals surface area contributed by atoms with Crippen molar-refractivity contribution in [2.45, 2.75) is 58.0 Å². The molecule has 3 unspecified atom stereocenters. The van der Waals surface area contributed by atoms with Crippen LogP contribution in [0.15, 0.2) is 0 Å². The Morgan fingerprint density at radius 1 is 1.40 bits per heavy atom. The Kier molecular flexibility index (Phi) is 5.62. The minimum Gasteiger partial charge on any atom is -0.317 e. The largest absolute Gasteiger partial charge is 0.317 e. The number of hydrogen-bond acceptors (Lipinski definition) is 2. The first-order valence-electron chi connectivity index (χ1n) is 6.51. The second-order valence-electron chi connectivity index (χ2n) is 5.38. The van der Waals surface area contributed by atoms with E-state index in [0.29, 0.717) is 6.04 Å². The van der Waals surface area contributed by atoms with Gasteiger partial charge in [-0.3, -0.25) is 0 Å². The topological polar surface area (TPSA) is 15.3 Å². The molecule has 90 valence electrons. The maximum Gasteiger partial charge on any atom is 0.00947 e. The van der Waals surface area contributed by atoms with Crippen LogP contribution in [-0.4, -0.2) is 37.6 Å². The quantitative estimate of drug-likeness (QED) is 0.753. The number of nitrogens with one attached hydrogen (secondary N) is 1. The Balaban J connectivity index is 2.23. The van der Waals surface area contributed by atoms with Gasteiger partial charge < -0.3 is 10.2 Å². The second-order valence-corrected chi connectivity index (χ2v) is 5.38. The van der Waals surface area contributed by atoms with Gasteiger partial charge in [-0.15, -0.1) is 0 Å². The molecule has 1 N–H and O–H groups in total. The van der Waals surface area contributed by atoms with Crippen LogP contribution in [0.1, 0.15) is 46.0 Å². The van der Waals surface area contributed by atoms with Crippen LogP contribution < -0.4 is 5.32 Å². The van der Waals surface area contributed by atoms with E-state index in [1.807, 2.05) is 7.05 Å². The standard InChI is InChI=1S/C13H28N2/c1-11-6-5-7-13(10-11)15(4)9-8-12(2)14-3/h11-14H,5-10H2,1-4H3. The van der Waals surface area contributed by atoms with Crippen LogP contribution in [-0.2, 0) is 0 Å². The van der Waals surface area contributed by atoms with Crippen molar-refractivity contribution in [2.24, 2.45) is 5.92 Å². The first kappa shape index (κ1) is 13.0. The van der Waals surface area contributed by atoms with Gasteiger partial charge in [-0.2, -0.15) is 0 Å². The van der Waals surface area contributed by atoms with E-state index in [0.717, 1.165) is 12.0 Å².